The van der Waals surface area contributed by atoms with Gasteiger partial charge in [0.25, 0.3) is 11.8 Å². The van der Waals surface area contributed by atoms with Crippen molar-refractivity contribution in [2.75, 3.05) is 10.7 Å². The van der Waals surface area contributed by atoms with Crippen molar-refractivity contribution in [1.82, 2.24) is 0 Å². The Morgan fingerprint density at radius 1 is 0.964 bits per heavy atom. The molecular formula is C24H27NO2S. The number of amides is 2. The molecule has 0 aromatic heterocycles. The van der Waals surface area contributed by atoms with E-state index < -0.39 is 0 Å². The molecule has 2 aromatic carbocycles. The second-order valence-electron chi connectivity index (χ2n) is 7.68. The number of carbonyl (C=O) groups excluding carboxylic acids is 2. The SMILES string of the molecule is C=CCSCc1cccc2c1C(=O)N(c1c(C(C)C)cccc1C(C)C)C2=O. The Hall–Kier alpha value is -2.33. The van der Waals surface area contributed by atoms with Crippen LogP contribution in [0, 0.1) is 0 Å². The highest BCUT2D eigenvalue weighted by molar-refractivity contribution is 7.98. The molecule has 0 fully saturated rings. The second-order valence-corrected chi connectivity index (χ2v) is 8.71. The van der Waals surface area contributed by atoms with Gasteiger partial charge in [-0.1, -0.05) is 64.1 Å². The van der Waals surface area contributed by atoms with Crippen molar-refractivity contribution in [2.24, 2.45) is 0 Å². The van der Waals surface area contributed by atoms with E-state index in [1.165, 1.54) is 4.90 Å². The van der Waals surface area contributed by atoms with Crippen LogP contribution in [0.5, 0.6) is 0 Å². The lowest BCUT2D eigenvalue weighted by Crippen LogP contribution is -2.32. The first-order valence-electron chi connectivity index (χ1n) is 9.70. The predicted octanol–water partition coefficient (Wildman–Crippen LogP) is 6.15. The number of nitrogens with zero attached hydrogens (tertiary/aromatic N) is 1. The van der Waals surface area contributed by atoms with Crippen molar-refractivity contribution in [3.05, 3.63) is 76.9 Å². The standard InChI is InChI=1S/C24H27NO2S/c1-6-13-28-14-17-9-7-12-20-21(17)24(27)25(23(20)26)22-18(15(2)3)10-8-11-19(22)16(4)5/h6-12,15-16H,1,13-14H2,2-5H3. The Morgan fingerprint density at radius 2 is 1.57 bits per heavy atom. The van der Waals surface area contributed by atoms with Gasteiger partial charge >= 0.3 is 0 Å². The molecule has 0 unspecified atom stereocenters. The lowest BCUT2D eigenvalue weighted by molar-refractivity contribution is 0.0925. The van der Waals surface area contributed by atoms with Crippen LogP contribution >= 0.6 is 11.8 Å². The predicted molar refractivity (Wildman–Crippen MR) is 119 cm³/mol. The number of hydrogen-bond acceptors (Lipinski definition) is 3. The van der Waals surface area contributed by atoms with Gasteiger partial charge < -0.3 is 0 Å². The highest BCUT2D eigenvalue weighted by Crippen LogP contribution is 2.40. The highest BCUT2D eigenvalue weighted by atomic mass is 32.2. The van der Waals surface area contributed by atoms with Crippen molar-refractivity contribution in [2.45, 2.75) is 45.3 Å². The number of para-hydroxylation sites is 1. The number of thioether (sulfide) groups is 1. The second kappa shape index (κ2) is 8.36. The zero-order valence-corrected chi connectivity index (χ0v) is 17.8. The molecule has 0 saturated carbocycles. The molecule has 1 heterocycles. The molecule has 1 aliphatic heterocycles. The third-order valence-corrected chi connectivity index (χ3v) is 6.05. The normalized spacial score (nSPS) is 13.6. The molecular weight excluding hydrogens is 366 g/mol. The third kappa shape index (κ3) is 3.53. The van der Waals surface area contributed by atoms with Crippen LogP contribution in [0.4, 0.5) is 5.69 Å². The van der Waals surface area contributed by atoms with E-state index in [0.29, 0.717) is 16.9 Å². The maximum absolute atomic E-state index is 13.5. The minimum atomic E-state index is -0.217. The first-order valence-corrected chi connectivity index (χ1v) is 10.9. The molecule has 0 aliphatic carbocycles. The number of benzene rings is 2. The molecule has 0 atom stereocenters. The molecule has 0 N–H and O–H groups in total. The Bertz CT molecular complexity index is 904. The lowest BCUT2D eigenvalue weighted by atomic mass is 9.92. The van der Waals surface area contributed by atoms with E-state index in [-0.39, 0.29) is 23.7 Å². The average molecular weight is 394 g/mol. The Morgan fingerprint density at radius 3 is 2.14 bits per heavy atom. The van der Waals surface area contributed by atoms with Gasteiger partial charge in [0.15, 0.2) is 0 Å². The molecule has 146 valence electrons. The minimum absolute atomic E-state index is 0.204. The Balaban J connectivity index is 2.13. The summed E-state index contributed by atoms with van der Waals surface area (Å²) < 4.78 is 0. The fraction of sp³-hybridized carbons (Fsp3) is 0.333. The van der Waals surface area contributed by atoms with E-state index in [9.17, 15) is 9.59 Å². The van der Waals surface area contributed by atoms with Gasteiger partial charge in [0.1, 0.15) is 0 Å². The van der Waals surface area contributed by atoms with E-state index in [1.54, 1.807) is 17.8 Å². The molecule has 2 aromatic rings. The van der Waals surface area contributed by atoms with Crippen LogP contribution in [-0.4, -0.2) is 17.6 Å². The fourth-order valence-electron chi connectivity index (χ4n) is 3.70. The van der Waals surface area contributed by atoms with E-state index in [0.717, 1.165) is 28.1 Å². The van der Waals surface area contributed by atoms with Crippen LogP contribution in [0.15, 0.2) is 49.1 Å². The van der Waals surface area contributed by atoms with E-state index >= 15 is 0 Å². The molecule has 28 heavy (non-hydrogen) atoms. The molecule has 1 aliphatic rings. The smallest absolute Gasteiger partial charge is 0.266 e. The summed E-state index contributed by atoms with van der Waals surface area (Å²) in [5.74, 6) is 1.49. The topological polar surface area (TPSA) is 37.4 Å². The molecule has 0 radical (unpaired) electrons. The van der Waals surface area contributed by atoms with Gasteiger partial charge in [-0.3, -0.25) is 9.59 Å². The molecule has 3 nitrogen and oxygen atoms in total. The van der Waals surface area contributed by atoms with Gasteiger partial charge in [-0.15, -0.1) is 6.58 Å². The van der Waals surface area contributed by atoms with Crippen LogP contribution in [0.2, 0.25) is 0 Å². The summed E-state index contributed by atoms with van der Waals surface area (Å²) in [5, 5.41) is 0. The maximum atomic E-state index is 13.5. The molecule has 3 rings (SSSR count). The van der Waals surface area contributed by atoms with Crippen molar-refractivity contribution in [3.63, 3.8) is 0 Å². The van der Waals surface area contributed by atoms with Gasteiger partial charge in [0.05, 0.1) is 16.8 Å². The monoisotopic (exact) mass is 393 g/mol. The van der Waals surface area contributed by atoms with Crippen molar-refractivity contribution >= 4 is 29.3 Å². The number of rotatable bonds is 7. The van der Waals surface area contributed by atoms with Gasteiger partial charge in [0.2, 0.25) is 0 Å². The van der Waals surface area contributed by atoms with Crippen molar-refractivity contribution in [3.8, 4) is 0 Å². The van der Waals surface area contributed by atoms with Gasteiger partial charge in [-0.2, -0.15) is 11.8 Å². The summed E-state index contributed by atoms with van der Waals surface area (Å²) in [7, 11) is 0. The van der Waals surface area contributed by atoms with E-state index in [4.69, 9.17) is 0 Å². The van der Waals surface area contributed by atoms with Gasteiger partial charge in [0, 0.05) is 11.5 Å². The minimum Gasteiger partial charge on any atom is -0.268 e. The zero-order valence-electron chi connectivity index (χ0n) is 17.0. The fourth-order valence-corrected chi connectivity index (χ4v) is 4.45. The summed E-state index contributed by atoms with van der Waals surface area (Å²) in [5.41, 5.74) is 4.81. The van der Waals surface area contributed by atoms with Gasteiger partial charge in [-0.05, 0) is 34.6 Å². The summed E-state index contributed by atoms with van der Waals surface area (Å²) in [6.07, 6.45) is 1.85. The quantitative estimate of drug-likeness (QED) is 0.321. The molecule has 2 amide bonds. The van der Waals surface area contributed by atoms with Crippen LogP contribution in [-0.2, 0) is 5.75 Å². The number of imide groups is 1. The largest absolute Gasteiger partial charge is 0.268 e. The van der Waals surface area contributed by atoms with E-state index in [2.05, 4.69) is 34.3 Å². The first kappa shape index (κ1) is 20.4. The van der Waals surface area contributed by atoms with Crippen LogP contribution in [0.1, 0.15) is 76.9 Å². The number of carbonyl (C=O) groups is 2. The van der Waals surface area contributed by atoms with Crippen LogP contribution in [0.3, 0.4) is 0 Å². The number of fused-ring (bicyclic) bond motifs is 1. The molecule has 0 saturated heterocycles. The zero-order chi connectivity index (χ0) is 20.4. The van der Waals surface area contributed by atoms with E-state index in [1.807, 2.05) is 36.4 Å². The average Bonchev–Trinajstić information content (AvgIpc) is 2.92. The Kier molecular flexibility index (Phi) is 6.09. The molecule has 0 bridgehead atoms. The summed E-state index contributed by atoms with van der Waals surface area (Å²) in [6.45, 7) is 12.1. The summed E-state index contributed by atoms with van der Waals surface area (Å²) in [6, 6.07) is 11.6. The number of anilines is 1. The van der Waals surface area contributed by atoms with Crippen LogP contribution in [0.25, 0.3) is 0 Å². The Labute approximate surface area is 171 Å². The van der Waals surface area contributed by atoms with Crippen molar-refractivity contribution in [1.29, 1.82) is 0 Å². The maximum Gasteiger partial charge on any atom is 0.266 e. The van der Waals surface area contributed by atoms with Gasteiger partial charge in [-0.25, -0.2) is 4.90 Å². The summed E-state index contributed by atoms with van der Waals surface area (Å²) in [4.78, 5) is 28.2. The van der Waals surface area contributed by atoms with Crippen molar-refractivity contribution < 1.29 is 9.59 Å². The third-order valence-electron chi connectivity index (χ3n) is 5.06. The first-order chi connectivity index (χ1) is 13.4. The lowest BCUT2D eigenvalue weighted by Gasteiger charge is -2.25. The highest BCUT2D eigenvalue weighted by Gasteiger charge is 2.40. The summed E-state index contributed by atoms with van der Waals surface area (Å²) >= 11 is 1.69. The molecule has 0 spiro atoms. The van der Waals surface area contributed by atoms with Crippen LogP contribution < -0.4 is 4.90 Å². The number of hydrogen-bond donors (Lipinski definition) is 0. The molecule has 4 heteroatoms.